The Bertz CT molecular complexity index is 729. The molecular formula is C17H24N5+. The molecule has 5 nitrogen and oxygen atoms in total. The minimum atomic E-state index is 0.557. The predicted molar refractivity (Wildman–Crippen MR) is 88.2 cm³/mol. The number of likely N-dealkylation sites (N-methyl/N-ethyl adjacent to an activating group) is 1. The van der Waals surface area contributed by atoms with Crippen LogP contribution < -0.4 is 9.58 Å². The van der Waals surface area contributed by atoms with Gasteiger partial charge in [0.25, 0.3) is 0 Å². The molecule has 0 saturated heterocycles. The molecule has 2 aromatic rings. The molecule has 0 N–H and O–H groups in total. The highest BCUT2D eigenvalue weighted by molar-refractivity contribution is 5.63. The van der Waals surface area contributed by atoms with E-state index in [9.17, 15) is 0 Å². The van der Waals surface area contributed by atoms with Gasteiger partial charge in [-0.3, -0.25) is 0 Å². The summed E-state index contributed by atoms with van der Waals surface area (Å²) in [6, 6.07) is 8.97. The van der Waals surface area contributed by atoms with E-state index in [1.54, 1.807) is 0 Å². The van der Waals surface area contributed by atoms with E-state index >= 15 is 0 Å². The summed E-state index contributed by atoms with van der Waals surface area (Å²) in [5.74, 6) is 0.880. The number of rotatable bonds is 3. The van der Waals surface area contributed by atoms with Crippen molar-refractivity contribution in [2.24, 2.45) is 17.3 Å². The number of aromatic nitrogens is 2. The fraction of sp³-hybridized carbons (Fsp3) is 0.471. The molecule has 22 heavy (non-hydrogen) atoms. The molecule has 1 aromatic heterocycles. The Morgan fingerprint density at radius 1 is 1.27 bits per heavy atom. The van der Waals surface area contributed by atoms with Gasteiger partial charge >= 0.3 is 5.82 Å². The summed E-state index contributed by atoms with van der Waals surface area (Å²) in [7, 11) is 4.16. The number of azo groups is 1. The molecular weight excluding hydrogens is 274 g/mol. The molecule has 1 atom stereocenters. The first kappa shape index (κ1) is 14.8. The van der Waals surface area contributed by atoms with Crippen LogP contribution in [0, 0.1) is 6.92 Å². The summed E-state index contributed by atoms with van der Waals surface area (Å²) in [6.45, 7) is 7.40. The van der Waals surface area contributed by atoms with Gasteiger partial charge in [0.1, 0.15) is 12.7 Å². The van der Waals surface area contributed by atoms with Crippen LogP contribution in [0.25, 0.3) is 0 Å². The van der Waals surface area contributed by atoms with Gasteiger partial charge in [-0.05, 0) is 56.1 Å². The lowest BCUT2D eigenvalue weighted by Gasteiger charge is -2.17. The number of aryl methyl sites for hydroxylation is 1. The molecule has 5 heteroatoms. The third kappa shape index (κ3) is 2.40. The van der Waals surface area contributed by atoms with Gasteiger partial charge in [-0.2, -0.15) is 4.68 Å². The van der Waals surface area contributed by atoms with Crippen molar-refractivity contribution in [2.45, 2.75) is 39.8 Å². The first-order valence-corrected chi connectivity index (χ1v) is 7.85. The summed E-state index contributed by atoms with van der Waals surface area (Å²) >= 11 is 0. The summed E-state index contributed by atoms with van der Waals surface area (Å²) in [4.78, 5) is 2.32. The normalized spacial score (nSPS) is 17.5. The zero-order valence-corrected chi connectivity index (χ0v) is 14.0. The van der Waals surface area contributed by atoms with Crippen LogP contribution in [0.2, 0.25) is 0 Å². The third-order valence-corrected chi connectivity index (χ3v) is 4.63. The van der Waals surface area contributed by atoms with Gasteiger partial charge in [0.15, 0.2) is 0 Å². The molecule has 0 amide bonds. The van der Waals surface area contributed by atoms with Crippen molar-refractivity contribution in [3.63, 3.8) is 0 Å². The maximum atomic E-state index is 4.43. The molecule has 1 unspecified atom stereocenters. The lowest BCUT2D eigenvalue weighted by molar-refractivity contribution is -0.742. The van der Waals surface area contributed by atoms with Crippen LogP contribution in [0.3, 0.4) is 0 Å². The summed E-state index contributed by atoms with van der Waals surface area (Å²) in [5, 5.41) is 8.85. The predicted octanol–water partition coefficient (Wildman–Crippen LogP) is 3.44. The topological polar surface area (TPSA) is 36.8 Å². The molecule has 116 valence electrons. The van der Waals surface area contributed by atoms with Crippen molar-refractivity contribution in [3.8, 4) is 0 Å². The molecule has 1 aliphatic heterocycles. The molecule has 0 spiro atoms. The van der Waals surface area contributed by atoms with Crippen molar-refractivity contribution in [1.82, 2.24) is 4.68 Å². The van der Waals surface area contributed by atoms with E-state index in [2.05, 4.69) is 65.8 Å². The van der Waals surface area contributed by atoms with E-state index in [1.165, 1.54) is 16.9 Å². The van der Waals surface area contributed by atoms with Crippen molar-refractivity contribution in [1.29, 1.82) is 0 Å². The van der Waals surface area contributed by atoms with Gasteiger partial charge in [-0.15, -0.1) is 0 Å². The Balaban J connectivity index is 1.87. The molecule has 0 aliphatic carbocycles. The highest BCUT2D eigenvalue weighted by Gasteiger charge is 2.23. The van der Waals surface area contributed by atoms with Crippen molar-refractivity contribution < 1.29 is 4.68 Å². The summed E-state index contributed by atoms with van der Waals surface area (Å²) < 4.78 is 4.22. The standard InChI is InChI=1S/C17H24N5/c1-6-22-13(3)10-17(21(22)5)19-18-15-7-8-16-14(11-15)9-12(2)20(16)4/h7-8,10-12H,6,9H2,1-5H3/q+1. The Kier molecular flexibility index (Phi) is 3.72. The Morgan fingerprint density at radius 2 is 2.05 bits per heavy atom. The van der Waals surface area contributed by atoms with Crippen LogP contribution >= 0.6 is 0 Å². The van der Waals surface area contributed by atoms with E-state index in [0.29, 0.717) is 6.04 Å². The zero-order chi connectivity index (χ0) is 15.9. The molecule has 3 rings (SSSR count). The average molecular weight is 298 g/mol. The van der Waals surface area contributed by atoms with Crippen LogP contribution in [-0.2, 0) is 20.0 Å². The van der Waals surface area contributed by atoms with Crippen LogP contribution in [0.4, 0.5) is 17.2 Å². The molecule has 0 radical (unpaired) electrons. The molecule has 0 bridgehead atoms. The molecule has 1 aliphatic rings. The quantitative estimate of drug-likeness (QED) is 0.631. The maximum absolute atomic E-state index is 4.43. The highest BCUT2D eigenvalue weighted by atomic mass is 15.4. The third-order valence-electron chi connectivity index (χ3n) is 4.63. The number of benzene rings is 1. The van der Waals surface area contributed by atoms with Crippen LogP contribution in [-0.4, -0.2) is 17.8 Å². The zero-order valence-electron chi connectivity index (χ0n) is 14.0. The van der Waals surface area contributed by atoms with Gasteiger partial charge in [0.05, 0.1) is 23.4 Å². The van der Waals surface area contributed by atoms with Gasteiger partial charge in [0, 0.05) is 18.8 Å². The highest BCUT2D eigenvalue weighted by Crippen LogP contribution is 2.33. The van der Waals surface area contributed by atoms with E-state index in [1.807, 2.05) is 17.8 Å². The van der Waals surface area contributed by atoms with Gasteiger partial charge in [-0.1, -0.05) is 0 Å². The van der Waals surface area contributed by atoms with E-state index in [-0.39, 0.29) is 0 Å². The van der Waals surface area contributed by atoms with Crippen LogP contribution in [0.5, 0.6) is 0 Å². The average Bonchev–Trinajstić information content (AvgIpc) is 2.93. The molecule has 0 saturated carbocycles. The lowest BCUT2D eigenvalue weighted by atomic mass is 10.1. The largest absolute Gasteiger partial charge is 0.371 e. The Hall–Kier alpha value is -2.17. The van der Waals surface area contributed by atoms with Crippen molar-refractivity contribution in [3.05, 3.63) is 35.5 Å². The monoisotopic (exact) mass is 298 g/mol. The van der Waals surface area contributed by atoms with Gasteiger partial charge < -0.3 is 4.90 Å². The first-order valence-electron chi connectivity index (χ1n) is 7.85. The second-order valence-electron chi connectivity index (χ2n) is 6.06. The first-order chi connectivity index (χ1) is 10.5. The second-order valence-corrected chi connectivity index (χ2v) is 6.06. The minimum Gasteiger partial charge on any atom is -0.371 e. The van der Waals surface area contributed by atoms with Crippen molar-refractivity contribution in [2.75, 3.05) is 11.9 Å². The fourth-order valence-corrected chi connectivity index (χ4v) is 3.21. The second kappa shape index (κ2) is 5.55. The van der Waals surface area contributed by atoms with Gasteiger partial charge in [0.2, 0.25) is 0 Å². The summed E-state index contributed by atoms with van der Waals surface area (Å²) in [6.07, 6.45) is 1.08. The van der Waals surface area contributed by atoms with E-state index in [0.717, 1.165) is 24.5 Å². The van der Waals surface area contributed by atoms with Crippen molar-refractivity contribution >= 4 is 17.2 Å². The van der Waals surface area contributed by atoms with Gasteiger partial charge in [-0.25, -0.2) is 4.68 Å². The van der Waals surface area contributed by atoms with E-state index < -0.39 is 0 Å². The Morgan fingerprint density at radius 3 is 2.73 bits per heavy atom. The maximum Gasteiger partial charge on any atom is 0.370 e. The Labute approximate surface area is 131 Å². The van der Waals surface area contributed by atoms with Crippen LogP contribution in [0.1, 0.15) is 25.1 Å². The number of nitrogens with zero attached hydrogens (tertiary/aromatic N) is 5. The SMILES string of the molecule is CCn1c(C)cc(N=Nc2ccc3c(c2)CC(C)N3C)[n+]1C. The number of hydrogen-bond acceptors (Lipinski definition) is 3. The smallest absolute Gasteiger partial charge is 0.370 e. The number of anilines is 1. The molecule has 2 heterocycles. The number of fused-ring (bicyclic) bond motifs is 1. The molecule has 0 fully saturated rings. The fourth-order valence-electron chi connectivity index (χ4n) is 3.21. The number of hydrogen-bond donors (Lipinski definition) is 0. The van der Waals surface area contributed by atoms with Crippen LogP contribution in [0.15, 0.2) is 34.5 Å². The van der Waals surface area contributed by atoms with E-state index in [4.69, 9.17) is 0 Å². The molecule has 1 aromatic carbocycles. The minimum absolute atomic E-state index is 0.557. The lowest BCUT2D eigenvalue weighted by Crippen LogP contribution is -2.38. The summed E-state index contributed by atoms with van der Waals surface area (Å²) in [5.41, 5.74) is 4.79.